The van der Waals surface area contributed by atoms with Crippen molar-refractivity contribution in [3.63, 3.8) is 0 Å². The molecule has 1 aromatic rings. The first-order valence-electron chi connectivity index (χ1n) is 8.95. The highest BCUT2D eigenvalue weighted by Crippen LogP contribution is 2.35. The molecule has 1 amide bonds. The zero-order chi connectivity index (χ0) is 16.1. The van der Waals surface area contributed by atoms with Crippen LogP contribution in [0.2, 0.25) is 0 Å². The zero-order valence-electron chi connectivity index (χ0n) is 13.8. The van der Waals surface area contributed by atoms with Crippen LogP contribution in [0.1, 0.15) is 44.1 Å². The van der Waals surface area contributed by atoms with E-state index in [1.807, 2.05) is 30.3 Å². The summed E-state index contributed by atoms with van der Waals surface area (Å²) in [6.45, 7) is 1.74. The fourth-order valence-corrected chi connectivity index (χ4v) is 4.12. The lowest BCUT2D eigenvalue weighted by molar-refractivity contribution is 0.0633. The molecule has 1 saturated heterocycles. The smallest absolute Gasteiger partial charge is 0.410 e. The van der Waals surface area contributed by atoms with Crippen LogP contribution in [0.25, 0.3) is 0 Å². The molecular formula is C19H28N2O2. The maximum absolute atomic E-state index is 12.2. The normalized spacial score (nSPS) is 26.0. The molecule has 0 aromatic heterocycles. The van der Waals surface area contributed by atoms with Crippen LogP contribution < -0.4 is 5.73 Å². The van der Waals surface area contributed by atoms with Crippen molar-refractivity contribution >= 4 is 6.09 Å². The molecule has 0 spiro atoms. The van der Waals surface area contributed by atoms with Gasteiger partial charge in [0.1, 0.15) is 6.61 Å². The molecule has 2 fully saturated rings. The number of nitrogens with zero attached hydrogens (tertiary/aromatic N) is 1. The van der Waals surface area contributed by atoms with Gasteiger partial charge in [-0.15, -0.1) is 0 Å². The predicted molar refractivity (Wildman–Crippen MR) is 90.9 cm³/mol. The van der Waals surface area contributed by atoms with E-state index in [9.17, 15) is 4.79 Å². The van der Waals surface area contributed by atoms with Crippen molar-refractivity contribution in [3.05, 3.63) is 35.9 Å². The van der Waals surface area contributed by atoms with Crippen molar-refractivity contribution < 1.29 is 9.53 Å². The quantitative estimate of drug-likeness (QED) is 0.927. The van der Waals surface area contributed by atoms with Gasteiger partial charge in [-0.25, -0.2) is 4.79 Å². The zero-order valence-corrected chi connectivity index (χ0v) is 13.8. The fourth-order valence-electron chi connectivity index (χ4n) is 4.12. The van der Waals surface area contributed by atoms with Crippen LogP contribution >= 0.6 is 0 Å². The molecule has 0 radical (unpaired) electrons. The van der Waals surface area contributed by atoms with Crippen molar-refractivity contribution in [3.8, 4) is 0 Å². The van der Waals surface area contributed by atoms with Crippen LogP contribution in [-0.4, -0.2) is 30.1 Å². The Bertz CT molecular complexity index is 499. The molecule has 0 bridgehead atoms. The first kappa shape index (κ1) is 16.3. The number of nitrogens with two attached hydrogens (primary N) is 1. The van der Waals surface area contributed by atoms with Crippen LogP contribution in [0.3, 0.4) is 0 Å². The highest BCUT2D eigenvalue weighted by Gasteiger charge is 2.35. The van der Waals surface area contributed by atoms with Gasteiger partial charge in [0, 0.05) is 19.1 Å². The SMILES string of the molecule is NC1CN(C(=O)OCc2ccccc2)CCC1C1CCCCC1. The van der Waals surface area contributed by atoms with Crippen molar-refractivity contribution in [2.45, 2.75) is 51.2 Å². The van der Waals surface area contributed by atoms with Gasteiger partial charge < -0.3 is 15.4 Å². The summed E-state index contributed by atoms with van der Waals surface area (Å²) < 4.78 is 5.43. The number of benzene rings is 1. The molecule has 4 heteroatoms. The Kier molecular flexibility index (Phi) is 5.55. The van der Waals surface area contributed by atoms with E-state index < -0.39 is 0 Å². The third kappa shape index (κ3) is 4.25. The molecule has 1 heterocycles. The Morgan fingerprint density at radius 1 is 1.13 bits per heavy atom. The van der Waals surface area contributed by atoms with Gasteiger partial charge in [0.2, 0.25) is 0 Å². The summed E-state index contributed by atoms with van der Waals surface area (Å²) in [5.74, 6) is 1.34. The predicted octanol–water partition coefficient (Wildman–Crippen LogP) is 3.55. The van der Waals surface area contributed by atoms with Gasteiger partial charge in [0.25, 0.3) is 0 Å². The van der Waals surface area contributed by atoms with E-state index in [0.717, 1.165) is 24.4 Å². The van der Waals surface area contributed by atoms with Gasteiger partial charge in [0.05, 0.1) is 0 Å². The molecule has 126 valence electrons. The Morgan fingerprint density at radius 2 is 1.87 bits per heavy atom. The number of carbonyl (C=O) groups excluding carboxylic acids is 1. The summed E-state index contributed by atoms with van der Waals surface area (Å²) in [6, 6.07) is 9.89. The Balaban J connectivity index is 1.47. The van der Waals surface area contributed by atoms with Crippen LogP contribution in [0, 0.1) is 11.8 Å². The summed E-state index contributed by atoms with van der Waals surface area (Å²) in [5.41, 5.74) is 7.41. The maximum atomic E-state index is 12.2. The van der Waals surface area contributed by atoms with Crippen molar-refractivity contribution in [2.24, 2.45) is 17.6 Å². The third-order valence-electron chi connectivity index (χ3n) is 5.43. The molecule has 2 N–H and O–H groups in total. The maximum Gasteiger partial charge on any atom is 0.410 e. The average molecular weight is 316 g/mol. The van der Waals surface area contributed by atoms with Crippen molar-refractivity contribution in [1.29, 1.82) is 0 Å². The Hall–Kier alpha value is -1.55. The summed E-state index contributed by atoms with van der Waals surface area (Å²) >= 11 is 0. The molecule has 23 heavy (non-hydrogen) atoms. The van der Waals surface area contributed by atoms with Crippen LogP contribution in [-0.2, 0) is 11.3 Å². The van der Waals surface area contributed by atoms with Gasteiger partial charge in [-0.1, -0.05) is 62.4 Å². The second-order valence-electron chi connectivity index (χ2n) is 7.00. The molecule has 2 unspecified atom stereocenters. The molecule has 3 rings (SSSR count). The van der Waals surface area contributed by atoms with Crippen LogP contribution in [0.15, 0.2) is 30.3 Å². The molecule has 1 saturated carbocycles. The van der Waals surface area contributed by atoms with E-state index in [-0.39, 0.29) is 12.1 Å². The van der Waals surface area contributed by atoms with Crippen LogP contribution in [0.5, 0.6) is 0 Å². The number of ether oxygens (including phenoxy) is 1. The number of piperidine rings is 1. The van der Waals surface area contributed by atoms with Crippen LogP contribution in [0.4, 0.5) is 4.79 Å². The van der Waals surface area contributed by atoms with E-state index in [1.165, 1.54) is 32.1 Å². The minimum Gasteiger partial charge on any atom is -0.445 e. The highest BCUT2D eigenvalue weighted by molar-refractivity contribution is 5.67. The van der Waals surface area contributed by atoms with E-state index in [0.29, 0.717) is 19.1 Å². The minimum atomic E-state index is -0.230. The standard InChI is InChI=1S/C19H28N2O2/c20-18-13-21(12-11-17(18)16-9-5-2-6-10-16)19(22)23-14-15-7-3-1-4-8-15/h1,3-4,7-8,16-18H,2,5-6,9-14,20H2. The minimum absolute atomic E-state index is 0.0936. The monoisotopic (exact) mass is 316 g/mol. The fraction of sp³-hybridized carbons (Fsp3) is 0.632. The largest absolute Gasteiger partial charge is 0.445 e. The van der Waals surface area contributed by atoms with Gasteiger partial charge in [-0.2, -0.15) is 0 Å². The van der Waals surface area contributed by atoms with Crippen molar-refractivity contribution in [1.82, 2.24) is 4.90 Å². The van der Waals surface area contributed by atoms with E-state index in [2.05, 4.69) is 0 Å². The first-order valence-corrected chi connectivity index (χ1v) is 8.95. The Labute approximate surface area is 139 Å². The third-order valence-corrected chi connectivity index (χ3v) is 5.43. The second-order valence-corrected chi connectivity index (χ2v) is 7.00. The average Bonchev–Trinajstić information content (AvgIpc) is 2.61. The molecule has 1 aromatic carbocycles. The summed E-state index contributed by atoms with van der Waals surface area (Å²) in [4.78, 5) is 14.0. The second kappa shape index (κ2) is 7.82. The number of rotatable bonds is 3. The Morgan fingerprint density at radius 3 is 2.57 bits per heavy atom. The number of hydrogen-bond acceptors (Lipinski definition) is 3. The molecule has 1 aliphatic carbocycles. The first-order chi connectivity index (χ1) is 11.2. The van der Waals surface area contributed by atoms with E-state index in [1.54, 1.807) is 4.90 Å². The summed E-state index contributed by atoms with van der Waals surface area (Å²) in [6.07, 6.45) is 7.48. The molecule has 2 atom stereocenters. The van der Waals surface area contributed by atoms with E-state index in [4.69, 9.17) is 10.5 Å². The topological polar surface area (TPSA) is 55.6 Å². The van der Waals surface area contributed by atoms with Gasteiger partial charge in [-0.3, -0.25) is 0 Å². The van der Waals surface area contributed by atoms with Gasteiger partial charge >= 0.3 is 6.09 Å². The summed E-state index contributed by atoms with van der Waals surface area (Å²) in [5, 5.41) is 0. The number of amides is 1. The number of carbonyl (C=O) groups is 1. The summed E-state index contributed by atoms with van der Waals surface area (Å²) in [7, 11) is 0. The van der Waals surface area contributed by atoms with E-state index >= 15 is 0 Å². The lowest BCUT2D eigenvalue weighted by Crippen LogP contribution is -2.52. The lowest BCUT2D eigenvalue weighted by Gasteiger charge is -2.41. The highest BCUT2D eigenvalue weighted by atomic mass is 16.6. The molecule has 1 aliphatic heterocycles. The molecule has 4 nitrogen and oxygen atoms in total. The van der Waals surface area contributed by atoms with Crippen molar-refractivity contribution in [2.75, 3.05) is 13.1 Å². The molecule has 2 aliphatic rings. The van der Waals surface area contributed by atoms with Gasteiger partial charge in [0.15, 0.2) is 0 Å². The lowest BCUT2D eigenvalue weighted by atomic mass is 9.74. The molecular weight excluding hydrogens is 288 g/mol. The van der Waals surface area contributed by atoms with Gasteiger partial charge in [-0.05, 0) is 23.8 Å². The number of hydrogen-bond donors (Lipinski definition) is 1. The number of likely N-dealkylation sites (tertiary alicyclic amines) is 1.